The van der Waals surface area contributed by atoms with Crippen LogP contribution in [0, 0.1) is 5.41 Å². The number of nitrogens with one attached hydrogen (secondary N) is 1. The van der Waals surface area contributed by atoms with Gasteiger partial charge < -0.3 is 16.2 Å². The topological polar surface area (TPSA) is 102 Å². The van der Waals surface area contributed by atoms with Crippen molar-refractivity contribution in [3.63, 3.8) is 0 Å². The van der Waals surface area contributed by atoms with Gasteiger partial charge in [0.2, 0.25) is 0 Å². The molecule has 0 radical (unpaired) electrons. The van der Waals surface area contributed by atoms with Crippen LogP contribution in [0.5, 0.6) is 5.75 Å². The third kappa shape index (κ3) is 2.56. The molecule has 0 spiro atoms. The molecule has 0 aromatic heterocycles. The highest BCUT2D eigenvalue weighted by atomic mass is 16.5. The SMILES string of the molecule is COc1c(C(N)=O)ccc(N)c1C(=N)c1ccc2ccccc2c1. The summed E-state index contributed by atoms with van der Waals surface area (Å²) < 4.78 is 5.33. The minimum Gasteiger partial charge on any atom is -0.495 e. The van der Waals surface area contributed by atoms with Gasteiger partial charge in [-0.05, 0) is 29.0 Å². The molecule has 5 heteroatoms. The second-order valence-corrected chi connectivity index (χ2v) is 5.41. The molecule has 0 fully saturated rings. The number of hydrogen-bond donors (Lipinski definition) is 3. The summed E-state index contributed by atoms with van der Waals surface area (Å²) in [4.78, 5) is 11.6. The lowest BCUT2D eigenvalue weighted by molar-refractivity contribution is 0.0997. The lowest BCUT2D eigenvalue weighted by atomic mass is 9.95. The Bertz CT molecular complexity index is 964. The van der Waals surface area contributed by atoms with E-state index in [4.69, 9.17) is 21.6 Å². The Kier molecular flexibility index (Phi) is 3.92. The molecule has 24 heavy (non-hydrogen) atoms. The van der Waals surface area contributed by atoms with E-state index in [1.165, 1.54) is 13.2 Å². The van der Waals surface area contributed by atoms with Crippen molar-refractivity contribution >= 4 is 28.1 Å². The first-order chi connectivity index (χ1) is 11.5. The van der Waals surface area contributed by atoms with Crippen LogP contribution in [0.2, 0.25) is 0 Å². The summed E-state index contributed by atoms with van der Waals surface area (Å²) in [6.45, 7) is 0. The number of carbonyl (C=O) groups is 1. The third-order valence-electron chi connectivity index (χ3n) is 3.95. The van der Waals surface area contributed by atoms with E-state index in [-0.39, 0.29) is 17.0 Å². The predicted molar refractivity (Wildman–Crippen MR) is 95.8 cm³/mol. The average Bonchev–Trinajstić information content (AvgIpc) is 2.60. The zero-order valence-corrected chi connectivity index (χ0v) is 13.2. The summed E-state index contributed by atoms with van der Waals surface area (Å²) in [5.41, 5.74) is 13.2. The quantitative estimate of drug-likeness (QED) is 0.509. The highest BCUT2D eigenvalue weighted by molar-refractivity contribution is 6.18. The Labute approximate surface area is 139 Å². The number of anilines is 1. The molecule has 0 atom stereocenters. The monoisotopic (exact) mass is 319 g/mol. The third-order valence-corrected chi connectivity index (χ3v) is 3.95. The van der Waals surface area contributed by atoms with Crippen LogP contribution in [0.15, 0.2) is 54.6 Å². The fourth-order valence-electron chi connectivity index (χ4n) is 2.75. The maximum atomic E-state index is 11.6. The Hall–Kier alpha value is -3.34. The summed E-state index contributed by atoms with van der Waals surface area (Å²) in [6.07, 6.45) is 0. The summed E-state index contributed by atoms with van der Waals surface area (Å²) in [7, 11) is 1.43. The van der Waals surface area contributed by atoms with Gasteiger partial charge in [0, 0.05) is 11.3 Å². The Balaban J connectivity index is 2.18. The minimum atomic E-state index is -0.626. The van der Waals surface area contributed by atoms with Crippen LogP contribution in [0.25, 0.3) is 10.8 Å². The minimum absolute atomic E-state index is 0.179. The van der Waals surface area contributed by atoms with Crippen molar-refractivity contribution in [3.8, 4) is 5.75 Å². The number of hydrogen-bond acceptors (Lipinski definition) is 4. The molecule has 0 aliphatic rings. The Morgan fingerprint density at radius 2 is 1.75 bits per heavy atom. The van der Waals surface area contributed by atoms with E-state index >= 15 is 0 Å². The number of methoxy groups -OCH3 is 1. The number of rotatable bonds is 4. The molecule has 3 aromatic carbocycles. The van der Waals surface area contributed by atoms with Gasteiger partial charge in [0.25, 0.3) is 5.91 Å². The summed E-state index contributed by atoms with van der Waals surface area (Å²) in [5.74, 6) is -0.403. The van der Waals surface area contributed by atoms with Gasteiger partial charge in [-0.1, -0.05) is 36.4 Å². The van der Waals surface area contributed by atoms with Crippen molar-refractivity contribution < 1.29 is 9.53 Å². The van der Waals surface area contributed by atoms with Crippen LogP contribution in [0.4, 0.5) is 5.69 Å². The van der Waals surface area contributed by atoms with E-state index in [0.717, 1.165) is 10.8 Å². The molecule has 0 saturated carbocycles. The molecular weight excluding hydrogens is 302 g/mol. The fourth-order valence-corrected chi connectivity index (χ4v) is 2.75. The van der Waals surface area contributed by atoms with Gasteiger partial charge in [0.05, 0.1) is 23.9 Å². The molecule has 5 N–H and O–H groups in total. The van der Waals surface area contributed by atoms with E-state index in [1.807, 2.05) is 42.5 Å². The van der Waals surface area contributed by atoms with Gasteiger partial charge >= 0.3 is 0 Å². The van der Waals surface area contributed by atoms with Crippen LogP contribution in [0.3, 0.4) is 0 Å². The van der Waals surface area contributed by atoms with Crippen molar-refractivity contribution in [1.82, 2.24) is 0 Å². The highest BCUT2D eigenvalue weighted by Gasteiger charge is 2.20. The second-order valence-electron chi connectivity index (χ2n) is 5.41. The van der Waals surface area contributed by atoms with Crippen molar-refractivity contribution in [2.24, 2.45) is 5.73 Å². The molecule has 0 unspecified atom stereocenters. The zero-order valence-electron chi connectivity index (χ0n) is 13.2. The molecule has 120 valence electrons. The van der Waals surface area contributed by atoms with E-state index in [1.54, 1.807) is 6.07 Å². The van der Waals surface area contributed by atoms with Crippen molar-refractivity contribution in [2.75, 3.05) is 12.8 Å². The standard InChI is InChI=1S/C19H17N3O2/c1-24-18-14(19(22)23)8-9-15(20)16(18)17(21)13-7-6-11-4-2-3-5-12(11)10-13/h2-10,21H,20H2,1H3,(H2,22,23). The van der Waals surface area contributed by atoms with Crippen LogP contribution < -0.4 is 16.2 Å². The number of fused-ring (bicyclic) bond motifs is 1. The number of primary amides is 1. The summed E-state index contributed by atoms with van der Waals surface area (Å²) >= 11 is 0. The predicted octanol–water partition coefficient (Wildman–Crippen LogP) is 2.95. The van der Waals surface area contributed by atoms with Crippen molar-refractivity contribution in [1.29, 1.82) is 5.41 Å². The number of benzene rings is 3. The van der Waals surface area contributed by atoms with Crippen molar-refractivity contribution in [3.05, 3.63) is 71.3 Å². The number of carbonyl (C=O) groups excluding carboxylic acids is 1. The normalized spacial score (nSPS) is 10.5. The molecule has 3 aromatic rings. The number of nitrogens with two attached hydrogens (primary N) is 2. The first-order valence-electron chi connectivity index (χ1n) is 7.37. The van der Waals surface area contributed by atoms with Crippen LogP contribution in [0.1, 0.15) is 21.5 Å². The largest absolute Gasteiger partial charge is 0.495 e. The maximum Gasteiger partial charge on any atom is 0.252 e. The smallest absolute Gasteiger partial charge is 0.252 e. The second kappa shape index (κ2) is 6.04. The fraction of sp³-hybridized carbons (Fsp3) is 0.0526. The number of amides is 1. The van der Waals surface area contributed by atoms with E-state index < -0.39 is 5.91 Å². The average molecular weight is 319 g/mol. The van der Waals surface area contributed by atoms with Gasteiger partial charge in [-0.3, -0.25) is 10.2 Å². The molecule has 3 rings (SSSR count). The molecular formula is C19H17N3O2. The number of ether oxygens (including phenoxy) is 1. The first kappa shape index (κ1) is 15.6. The van der Waals surface area contributed by atoms with Crippen molar-refractivity contribution in [2.45, 2.75) is 0 Å². The molecule has 0 aliphatic heterocycles. The van der Waals surface area contributed by atoms with E-state index in [2.05, 4.69) is 0 Å². The maximum absolute atomic E-state index is 11.6. The molecule has 5 nitrogen and oxygen atoms in total. The van der Waals surface area contributed by atoms with Crippen LogP contribution >= 0.6 is 0 Å². The van der Waals surface area contributed by atoms with Gasteiger partial charge in [-0.25, -0.2) is 0 Å². The van der Waals surface area contributed by atoms with Gasteiger partial charge in [0.1, 0.15) is 5.75 Å². The lowest BCUT2D eigenvalue weighted by Gasteiger charge is -2.15. The van der Waals surface area contributed by atoms with Crippen LogP contribution in [-0.2, 0) is 0 Å². The van der Waals surface area contributed by atoms with Gasteiger partial charge in [-0.2, -0.15) is 0 Å². The Morgan fingerprint density at radius 1 is 1.04 bits per heavy atom. The van der Waals surface area contributed by atoms with Crippen LogP contribution in [-0.4, -0.2) is 18.7 Å². The van der Waals surface area contributed by atoms with Gasteiger partial charge in [0.15, 0.2) is 0 Å². The van der Waals surface area contributed by atoms with E-state index in [0.29, 0.717) is 16.8 Å². The summed E-state index contributed by atoms with van der Waals surface area (Å²) in [6, 6.07) is 16.7. The highest BCUT2D eigenvalue weighted by Crippen LogP contribution is 2.31. The van der Waals surface area contributed by atoms with Gasteiger partial charge in [-0.15, -0.1) is 0 Å². The zero-order chi connectivity index (χ0) is 17.3. The molecule has 0 saturated heterocycles. The molecule has 0 bridgehead atoms. The lowest BCUT2D eigenvalue weighted by Crippen LogP contribution is -2.16. The molecule has 0 heterocycles. The number of nitrogen functional groups attached to an aromatic ring is 1. The molecule has 0 aliphatic carbocycles. The molecule has 1 amide bonds. The Morgan fingerprint density at radius 3 is 2.42 bits per heavy atom. The summed E-state index contributed by atoms with van der Waals surface area (Å²) in [5, 5.41) is 10.7. The first-order valence-corrected chi connectivity index (χ1v) is 7.37. The van der Waals surface area contributed by atoms with E-state index in [9.17, 15) is 4.79 Å².